The molecular weight excluding hydrogens is 408 g/mol. The fourth-order valence-corrected chi connectivity index (χ4v) is 4.02. The zero-order valence-electron chi connectivity index (χ0n) is 18.1. The maximum atomic E-state index is 13.4. The molecule has 0 unspecified atom stereocenters. The summed E-state index contributed by atoms with van der Waals surface area (Å²) in [7, 11) is 0. The Morgan fingerprint density at radius 2 is 1.68 bits per heavy atom. The van der Waals surface area contributed by atoms with Crippen molar-refractivity contribution < 1.29 is 9.59 Å². The van der Waals surface area contributed by atoms with Crippen LogP contribution in [0.2, 0.25) is 5.02 Å². The fraction of sp³-hybridized carbons (Fsp3) is 0.308. The summed E-state index contributed by atoms with van der Waals surface area (Å²) in [5, 5.41) is 5.85. The van der Waals surface area contributed by atoms with Gasteiger partial charge in [0.15, 0.2) is 0 Å². The lowest BCUT2D eigenvalue weighted by Gasteiger charge is -2.30. The predicted molar refractivity (Wildman–Crippen MR) is 127 cm³/mol. The molecule has 162 valence electrons. The van der Waals surface area contributed by atoms with Gasteiger partial charge in [-0.1, -0.05) is 73.1 Å². The van der Waals surface area contributed by atoms with Crippen molar-refractivity contribution in [1.29, 1.82) is 0 Å². The summed E-state index contributed by atoms with van der Waals surface area (Å²) >= 11 is 6.01. The molecule has 3 aromatic rings. The van der Waals surface area contributed by atoms with E-state index in [1.807, 2.05) is 56.3 Å². The lowest BCUT2D eigenvalue weighted by molar-refractivity contribution is -0.141. The lowest BCUT2D eigenvalue weighted by Crippen LogP contribution is -2.49. The fourth-order valence-electron chi connectivity index (χ4n) is 3.89. The van der Waals surface area contributed by atoms with Gasteiger partial charge < -0.3 is 10.2 Å². The number of rotatable bonds is 9. The molecule has 0 aliphatic heterocycles. The first-order valence-electron chi connectivity index (χ1n) is 10.8. The Labute approximate surface area is 189 Å². The van der Waals surface area contributed by atoms with Crippen LogP contribution in [0.3, 0.4) is 0 Å². The van der Waals surface area contributed by atoms with E-state index in [9.17, 15) is 9.59 Å². The molecule has 1 atom stereocenters. The maximum Gasteiger partial charge on any atom is 0.242 e. The molecule has 4 nitrogen and oxygen atoms in total. The van der Waals surface area contributed by atoms with Gasteiger partial charge in [-0.05, 0) is 53.8 Å². The number of likely N-dealkylation sites (N-methyl/N-ethyl adjacent to an activating group) is 1. The Kier molecular flexibility index (Phi) is 8.07. The Balaban J connectivity index is 1.81. The van der Waals surface area contributed by atoms with E-state index in [1.54, 1.807) is 4.90 Å². The molecule has 0 aliphatic carbocycles. The van der Waals surface area contributed by atoms with E-state index >= 15 is 0 Å². The van der Waals surface area contributed by atoms with Gasteiger partial charge in [0.05, 0.1) is 0 Å². The van der Waals surface area contributed by atoms with Gasteiger partial charge in [-0.15, -0.1) is 0 Å². The van der Waals surface area contributed by atoms with Gasteiger partial charge in [-0.2, -0.15) is 0 Å². The molecule has 0 bridgehead atoms. The van der Waals surface area contributed by atoms with E-state index in [4.69, 9.17) is 11.6 Å². The van der Waals surface area contributed by atoms with Crippen LogP contribution in [0.1, 0.15) is 37.8 Å². The molecule has 3 aromatic carbocycles. The summed E-state index contributed by atoms with van der Waals surface area (Å²) < 4.78 is 0. The molecule has 0 spiro atoms. The SMILES string of the molecule is CCNC(=O)[C@H](CC)N(Cc1ccc(Cl)cc1)C(=O)CCc1cccc2ccccc12. The second-order valence-electron chi connectivity index (χ2n) is 7.61. The molecule has 0 aromatic heterocycles. The normalized spacial score (nSPS) is 11.8. The van der Waals surface area contributed by atoms with E-state index in [1.165, 1.54) is 5.39 Å². The number of halogens is 1. The summed E-state index contributed by atoms with van der Waals surface area (Å²) in [6.45, 7) is 4.73. The highest BCUT2D eigenvalue weighted by atomic mass is 35.5. The van der Waals surface area contributed by atoms with E-state index in [2.05, 4.69) is 29.6 Å². The third-order valence-electron chi connectivity index (χ3n) is 5.49. The average molecular weight is 437 g/mol. The Morgan fingerprint density at radius 3 is 2.39 bits per heavy atom. The van der Waals surface area contributed by atoms with Gasteiger partial charge in [-0.25, -0.2) is 0 Å². The van der Waals surface area contributed by atoms with Gasteiger partial charge in [-0.3, -0.25) is 9.59 Å². The van der Waals surface area contributed by atoms with Crippen LogP contribution in [0, 0.1) is 0 Å². The zero-order chi connectivity index (χ0) is 22.2. The van der Waals surface area contributed by atoms with Crippen LogP contribution in [-0.4, -0.2) is 29.3 Å². The lowest BCUT2D eigenvalue weighted by atomic mass is 10.00. The van der Waals surface area contributed by atoms with Gasteiger partial charge in [0.1, 0.15) is 6.04 Å². The van der Waals surface area contributed by atoms with Crippen LogP contribution >= 0.6 is 11.6 Å². The van der Waals surface area contributed by atoms with Gasteiger partial charge >= 0.3 is 0 Å². The number of fused-ring (bicyclic) bond motifs is 1. The highest BCUT2D eigenvalue weighted by Crippen LogP contribution is 2.21. The smallest absolute Gasteiger partial charge is 0.242 e. The molecule has 31 heavy (non-hydrogen) atoms. The number of aryl methyl sites for hydroxylation is 1. The van der Waals surface area contributed by atoms with Crippen molar-refractivity contribution >= 4 is 34.2 Å². The van der Waals surface area contributed by atoms with E-state index < -0.39 is 6.04 Å². The van der Waals surface area contributed by atoms with Crippen LogP contribution in [0.4, 0.5) is 0 Å². The Hall–Kier alpha value is -2.85. The Morgan fingerprint density at radius 1 is 0.968 bits per heavy atom. The van der Waals surface area contributed by atoms with Crippen molar-refractivity contribution in [2.24, 2.45) is 0 Å². The second-order valence-corrected chi connectivity index (χ2v) is 8.04. The van der Waals surface area contributed by atoms with E-state index in [0.717, 1.165) is 16.5 Å². The van der Waals surface area contributed by atoms with Crippen molar-refractivity contribution in [3.63, 3.8) is 0 Å². The summed E-state index contributed by atoms with van der Waals surface area (Å²) in [5.41, 5.74) is 2.09. The first kappa shape index (κ1) is 22.8. The van der Waals surface area contributed by atoms with Crippen molar-refractivity contribution in [3.05, 3.63) is 82.9 Å². The van der Waals surface area contributed by atoms with Crippen LogP contribution < -0.4 is 5.32 Å². The summed E-state index contributed by atoms with van der Waals surface area (Å²) in [4.78, 5) is 27.7. The minimum atomic E-state index is -0.504. The number of benzene rings is 3. The molecule has 2 amide bonds. The molecule has 5 heteroatoms. The molecule has 3 rings (SSSR count). The Bertz CT molecular complexity index is 1030. The number of nitrogens with zero attached hydrogens (tertiary/aromatic N) is 1. The number of hydrogen-bond donors (Lipinski definition) is 1. The largest absolute Gasteiger partial charge is 0.355 e. The maximum absolute atomic E-state index is 13.4. The number of amides is 2. The second kappa shape index (κ2) is 11.0. The number of nitrogens with one attached hydrogen (secondary N) is 1. The molecule has 1 N–H and O–H groups in total. The minimum absolute atomic E-state index is 0.0269. The third-order valence-corrected chi connectivity index (χ3v) is 5.74. The van der Waals surface area contributed by atoms with Crippen LogP contribution in [0.15, 0.2) is 66.7 Å². The van der Waals surface area contributed by atoms with Gasteiger partial charge in [0.25, 0.3) is 0 Å². The van der Waals surface area contributed by atoms with Crippen LogP contribution in [-0.2, 0) is 22.6 Å². The molecule has 0 saturated heterocycles. The molecule has 0 saturated carbocycles. The van der Waals surface area contributed by atoms with Crippen molar-refractivity contribution in [3.8, 4) is 0 Å². The first-order valence-corrected chi connectivity index (χ1v) is 11.2. The topological polar surface area (TPSA) is 49.4 Å². The van der Waals surface area contributed by atoms with Crippen molar-refractivity contribution in [1.82, 2.24) is 10.2 Å². The van der Waals surface area contributed by atoms with Crippen LogP contribution in [0.5, 0.6) is 0 Å². The van der Waals surface area contributed by atoms with E-state index in [0.29, 0.717) is 37.4 Å². The zero-order valence-corrected chi connectivity index (χ0v) is 18.9. The van der Waals surface area contributed by atoms with E-state index in [-0.39, 0.29) is 11.8 Å². The molecular formula is C26H29ClN2O2. The standard InChI is InChI=1S/C26H29ClN2O2/c1-3-24(26(31)28-4-2)29(18-19-12-15-22(27)16-13-19)25(30)17-14-21-10-7-9-20-8-5-6-11-23(20)21/h5-13,15-16,24H,3-4,14,17-18H2,1-2H3,(H,28,31)/t24-/m0/s1. The first-order chi connectivity index (χ1) is 15.0. The molecule has 0 radical (unpaired) electrons. The predicted octanol–water partition coefficient (Wildman–Crippen LogP) is 5.37. The average Bonchev–Trinajstić information content (AvgIpc) is 2.78. The summed E-state index contributed by atoms with van der Waals surface area (Å²) in [6, 6.07) is 21.3. The number of carbonyl (C=O) groups excluding carboxylic acids is 2. The van der Waals surface area contributed by atoms with Crippen molar-refractivity contribution in [2.45, 2.75) is 45.7 Å². The minimum Gasteiger partial charge on any atom is -0.355 e. The van der Waals surface area contributed by atoms with Crippen molar-refractivity contribution in [2.75, 3.05) is 6.54 Å². The third kappa shape index (κ3) is 5.86. The quantitative estimate of drug-likeness (QED) is 0.490. The summed E-state index contributed by atoms with van der Waals surface area (Å²) in [5.74, 6) is -0.140. The molecule has 0 heterocycles. The number of hydrogen-bond acceptors (Lipinski definition) is 2. The van der Waals surface area contributed by atoms with Gasteiger partial charge in [0, 0.05) is 24.5 Å². The van der Waals surface area contributed by atoms with Gasteiger partial charge in [0.2, 0.25) is 11.8 Å². The molecule has 0 aliphatic rings. The monoisotopic (exact) mass is 436 g/mol. The highest BCUT2D eigenvalue weighted by Gasteiger charge is 2.28. The highest BCUT2D eigenvalue weighted by molar-refractivity contribution is 6.30. The summed E-state index contributed by atoms with van der Waals surface area (Å²) in [6.07, 6.45) is 1.53. The molecule has 0 fully saturated rings. The number of carbonyl (C=O) groups is 2. The van der Waals surface area contributed by atoms with Crippen LogP contribution in [0.25, 0.3) is 10.8 Å².